The first-order valence-corrected chi connectivity index (χ1v) is 7.20. The summed E-state index contributed by atoms with van der Waals surface area (Å²) in [7, 11) is 1.85. The van der Waals surface area contributed by atoms with Gasteiger partial charge in [0.05, 0.1) is 10.9 Å². The number of benzene rings is 1. The van der Waals surface area contributed by atoms with Crippen LogP contribution in [0.15, 0.2) is 23.1 Å². The van der Waals surface area contributed by atoms with Gasteiger partial charge in [-0.25, -0.2) is 0 Å². The maximum Gasteiger partial charge on any atom is 0.239 e. The van der Waals surface area contributed by atoms with E-state index in [2.05, 4.69) is 25.1 Å². The van der Waals surface area contributed by atoms with Crippen LogP contribution in [0.5, 0.6) is 0 Å². The Kier molecular flexibility index (Phi) is 3.97. The topological polar surface area (TPSA) is 46.3 Å². The number of fused-ring (bicyclic) bond motifs is 1. The largest absolute Gasteiger partial charge is 0.330 e. The highest BCUT2D eigenvalue weighted by Gasteiger charge is 2.28. The second-order valence-electron chi connectivity index (χ2n) is 4.86. The Labute approximate surface area is 113 Å². The third-order valence-electron chi connectivity index (χ3n) is 3.50. The summed E-state index contributed by atoms with van der Waals surface area (Å²) < 4.78 is 0. The molecule has 1 aliphatic heterocycles. The summed E-state index contributed by atoms with van der Waals surface area (Å²) in [5.41, 5.74) is 7.94. The van der Waals surface area contributed by atoms with E-state index in [9.17, 15) is 4.79 Å². The first-order valence-electron chi connectivity index (χ1n) is 6.32. The predicted molar refractivity (Wildman–Crippen MR) is 77.3 cm³/mol. The van der Waals surface area contributed by atoms with Crippen molar-refractivity contribution in [2.24, 2.45) is 5.73 Å². The normalized spacial score (nSPS) is 20.8. The molecule has 4 heteroatoms. The monoisotopic (exact) mass is 264 g/mol. The smallest absolute Gasteiger partial charge is 0.239 e. The molecule has 0 aliphatic carbocycles. The number of amides is 1. The standard InChI is InChI=1S/C14H20N2OS/c1-9(6-7-15)11-4-5-12-13(8-11)18-10(2)14(17)16(12)3/h4-5,8-10H,6-7,15H2,1-3H3. The van der Waals surface area contributed by atoms with Crippen LogP contribution >= 0.6 is 11.8 Å². The molecule has 1 aromatic rings. The van der Waals surface area contributed by atoms with Gasteiger partial charge in [0, 0.05) is 11.9 Å². The minimum Gasteiger partial charge on any atom is -0.330 e. The van der Waals surface area contributed by atoms with Gasteiger partial charge in [-0.2, -0.15) is 0 Å². The fourth-order valence-electron chi connectivity index (χ4n) is 2.26. The molecule has 1 aliphatic rings. The highest BCUT2D eigenvalue weighted by atomic mass is 32.2. The molecule has 18 heavy (non-hydrogen) atoms. The molecule has 3 nitrogen and oxygen atoms in total. The number of carbonyl (C=O) groups is 1. The van der Waals surface area contributed by atoms with Gasteiger partial charge in [0.2, 0.25) is 5.91 Å². The molecule has 98 valence electrons. The van der Waals surface area contributed by atoms with Gasteiger partial charge in [-0.3, -0.25) is 4.79 Å². The highest BCUT2D eigenvalue weighted by molar-refractivity contribution is 8.00. The lowest BCUT2D eigenvalue weighted by Gasteiger charge is -2.30. The zero-order valence-electron chi connectivity index (χ0n) is 11.1. The van der Waals surface area contributed by atoms with E-state index in [1.165, 1.54) is 10.5 Å². The van der Waals surface area contributed by atoms with Crippen LogP contribution in [0.4, 0.5) is 5.69 Å². The summed E-state index contributed by atoms with van der Waals surface area (Å²) in [5, 5.41) is 0.00237. The lowest BCUT2D eigenvalue weighted by molar-refractivity contribution is -0.117. The molecule has 0 fully saturated rings. The summed E-state index contributed by atoms with van der Waals surface area (Å²) in [6, 6.07) is 6.37. The molecule has 0 aromatic heterocycles. The minimum absolute atomic E-state index is 0.00237. The number of anilines is 1. The third-order valence-corrected chi connectivity index (χ3v) is 4.63. The third kappa shape index (κ3) is 2.40. The summed E-state index contributed by atoms with van der Waals surface area (Å²) in [5.74, 6) is 0.648. The number of carbonyl (C=O) groups excluding carboxylic acids is 1. The number of hydrogen-bond donors (Lipinski definition) is 1. The summed E-state index contributed by atoms with van der Waals surface area (Å²) in [4.78, 5) is 14.9. The second-order valence-corrected chi connectivity index (χ2v) is 6.25. The molecule has 0 radical (unpaired) electrons. The molecule has 0 bridgehead atoms. The van der Waals surface area contributed by atoms with Crippen LogP contribution in [0.3, 0.4) is 0 Å². The Morgan fingerprint density at radius 1 is 1.50 bits per heavy atom. The van der Waals surface area contributed by atoms with Gasteiger partial charge in [-0.05, 0) is 43.5 Å². The van der Waals surface area contributed by atoms with Crippen LogP contribution in [-0.4, -0.2) is 24.7 Å². The first kappa shape index (κ1) is 13.4. The van der Waals surface area contributed by atoms with Crippen LogP contribution in [0.25, 0.3) is 0 Å². The van der Waals surface area contributed by atoms with Crippen molar-refractivity contribution in [1.82, 2.24) is 0 Å². The molecule has 0 saturated carbocycles. The summed E-state index contributed by atoms with van der Waals surface area (Å²) >= 11 is 1.65. The lowest BCUT2D eigenvalue weighted by Crippen LogP contribution is -2.36. The molecule has 2 rings (SSSR count). The Hall–Kier alpha value is -1.00. The van der Waals surface area contributed by atoms with E-state index < -0.39 is 0 Å². The molecule has 0 saturated heterocycles. The number of nitrogens with zero attached hydrogens (tertiary/aromatic N) is 1. The van der Waals surface area contributed by atoms with E-state index in [1.54, 1.807) is 16.7 Å². The molecule has 2 atom stereocenters. The van der Waals surface area contributed by atoms with Crippen molar-refractivity contribution in [1.29, 1.82) is 0 Å². The van der Waals surface area contributed by atoms with Crippen molar-refractivity contribution in [2.75, 3.05) is 18.5 Å². The fourth-order valence-corrected chi connectivity index (χ4v) is 3.43. The van der Waals surface area contributed by atoms with Gasteiger partial charge < -0.3 is 10.6 Å². The van der Waals surface area contributed by atoms with Gasteiger partial charge in [-0.15, -0.1) is 11.8 Å². The van der Waals surface area contributed by atoms with Crippen molar-refractivity contribution in [3.05, 3.63) is 23.8 Å². The molecular weight excluding hydrogens is 244 g/mol. The Balaban J connectivity index is 2.33. The van der Waals surface area contributed by atoms with Gasteiger partial charge >= 0.3 is 0 Å². The molecule has 2 unspecified atom stereocenters. The van der Waals surface area contributed by atoms with Crippen molar-refractivity contribution >= 4 is 23.4 Å². The van der Waals surface area contributed by atoms with Crippen LogP contribution in [-0.2, 0) is 4.79 Å². The highest BCUT2D eigenvalue weighted by Crippen LogP contribution is 2.40. The molecular formula is C14H20N2OS. The van der Waals surface area contributed by atoms with Crippen molar-refractivity contribution in [3.8, 4) is 0 Å². The van der Waals surface area contributed by atoms with Crippen LogP contribution in [0.2, 0.25) is 0 Å². The Bertz CT molecular complexity index is 461. The quantitative estimate of drug-likeness (QED) is 0.912. The zero-order chi connectivity index (χ0) is 13.3. The maximum absolute atomic E-state index is 11.9. The van der Waals surface area contributed by atoms with Gasteiger partial charge in [-0.1, -0.05) is 13.0 Å². The Morgan fingerprint density at radius 2 is 2.22 bits per heavy atom. The molecule has 0 spiro atoms. The fraction of sp³-hybridized carbons (Fsp3) is 0.500. The first-order chi connectivity index (χ1) is 8.54. The average molecular weight is 264 g/mol. The molecule has 1 amide bonds. The number of nitrogens with two attached hydrogens (primary N) is 1. The van der Waals surface area contributed by atoms with Gasteiger partial charge in [0.15, 0.2) is 0 Å². The lowest BCUT2D eigenvalue weighted by atomic mass is 9.97. The van der Waals surface area contributed by atoms with Gasteiger partial charge in [0.25, 0.3) is 0 Å². The number of thioether (sulfide) groups is 1. The van der Waals surface area contributed by atoms with Gasteiger partial charge in [0.1, 0.15) is 0 Å². The van der Waals surface area contributed by atoms with E-state index >= 15 is 0 Å². The molecule has 1 aromatic carbocycles. The van der Waals surface area contributed by atoms with Crippen molar-refractivity contribution < 1.29 is 4.79 Å². The van der Waals surface area contributed by atoms with E-state index in [1.807, 2.05) is 14.0 Å². The van der Waals surface area contributed by atoms with E-state index in [-0.39, 0.29) is 11.2 Å². The van der Waals surface area contributed by atoms with E-state index in [4.69, 9.17) is 5.73 Å². The summed E-state index contributed by atoms with van der Waals surface area (Å²) in [6.45, 7) is 4.86. The number of hydrogen-bond acceptors (Lipinski definition) is 3. The van der Waals surface area contributed by atoms with Crippen LogP contribution in [0, 0.1) is 0 Å². The van der Waals surface area contributed by atoms with Crippen LogP contribution in [0.1, 0.15) is 31.7 Å². The summed E-state index contributed by atoms with van der Waals surface area (Å²) in [6.07, 6.45) is 0.994. The van der Waals surface area contributed by atoms with Crippen molar-refractivity contribution in [3.63, 3.8) is 0 Å². The van der Waals surface area contributed by atoms with E-state index in [0.29, 0.717) is 12.5 Å². The molecule has 2 N–H and O–H groups in total. The van der Waals surface area contributed by atoms with Crippen LogP contribution < -0.4 is 10.6 Å². The zero-order valence-corrected chi connectivity index (χ0v) is 12.0. The molecule has 1 heterocycles. The van der Waals surface area contributed by atoms with E-state index in [0.717, 1.165) is 12.1 Å². The predicted octanol–water partition coefficient (Wildman–Crippen LogP) is 2.60. The van der Waals surface area contributed by atoms with Crippen molar-refractivity contribution in [2.45, 2.75) is 36.3 Å². The average Bonchev–Trinajstić information content (AvgIpc) is 2.36. The maximum atomic E-state index is 11.9. The Morgan fingerprint density at radius 3 is 2.89 bits per heavy atom. The number of rotatable bonds is 3. The second kappa shape index (κ2) is 5.33. The minimum atomic E-state index is 0.00237. The SMILES string of the molecule is CC1Sc2cc(C(C)CCN)ccc2N(C)C1=O.